The maximum atomic E-state index is 12.3. The Labute approximate surface area is 166 Å². The summed E-state index contributed by atoms with van der Waals surface area (Å²) in [6.45, 7) is 3.78. The summed E-state index contributed by atoms with van der Waals surface area (Å²) in [5, 5.41) is 13.9. The van der Waals surface area contributed by atoms with E-state index in [4.69, 9.17) is 9.47 Å². The van der Waals surface area contributed by atoms with Crippen molar-refractivity contribution >= 4 is 34.3 Å². The van der Waals surface area contributed by atoms with E-state index < -0.39 is 17.0 Å². The van der Waals surface area contributed by atoms with E-state index in [0.717, 1.165) is 11.2 Å². The molecular formula is C20H19N3O6. The first kappa shape index (κ1) is 19.9. The number of hydrogen-bond donors (Lipinski definition) is 1. The Morgan fingerprint density at radius 3 is 2.66 bits per heavy atom. The molecule has 1 aromatic heterocycles. The molecule has 0 aliphatic carbocycles. The highest BCUT2D eigenvalue weighted by Crippen LogP contribution is 2.29. The van der Waals surface area contributed by atoms with Gasteiger partial charge in [-0.25, -0.2) is 9.59 Å². The number of carbonyl (C=O) groups is 2. The lowest BCUT2D eigenvalue weighted by molar-refractivity contribution is -0.384. The van der Waals surface area contributed by atoms with E-state index in [1.54, 1.807) is 25.1 Å². The van der Waals surface area contributed by atoms with E-state index in [-0.39, 0.29) is 23.7 Å². The van der Waals surface area contributed by atoms with Crippen molar-refractivity contribution in [3.63, 3.8) is 0 Å². The zero-order valence-electron chi connectivity index (χ0n) is 16.1. The molecule has 0 atom stereocenters. The van der Waals surface area contributed by atoms with Crippen molar-refractivity contribution in [2.75, 3.05) is 11.9 Å². The van der Waals surface area contributed by atoms with Gasteiger partial charge in [-0.05, 0) is 38.1 Å². The number of aromatic nitrogens is 1. The molecule has 3 rings (SSSR count). The minimum absolute atomic E-state index is 0.150. The number of nitrogens with zero attached hydrogens (tertiary/aromatic N) is 2. The van der Waals surface area contributed by atoms with Gasteiger partial charge in [-0.1, -0.05) is 6.07 Å². The van der Waals surface area contributed by atoms with Crippen LogP contribution in [-0.4, -0.2) is 28.2 Å². The predicted molar refractivity (Wildman–Crippen MR) is 106 cm³/mol. The fraction of sp³-hybridized carbons (Fsp3) is 0.200. The topological polar surface area (TPSA) is 113 Å². The summed E-state index contributed by atoms with van der Waals surface area (Å²) in [5.74, 6) is -0.231. The molecule has 0 fully saturated rings. The van der Waals surface area contributed by atoms with E-state index in [2.05, 4.69) is 5.32 Å². The maximum Gasteiger partial charge on any atom is 0.417 e. The van der Waals surface area contributed by atoms with Crippen LogP contribution < -0.4 is 10.1 Å². The molecule has 1 heterocycles. The second-order valence-electron chi connectivity index (χ2n) is 6.24. The standard InChI is InChI=1S/C20H19N3O6/c1-4-28-19(24)18-12(2)22(3)17-9-8-15(11-16(17)18)29-20(25)21-13-6-5-7-14(10-13)23(26)27/h5-11H,4H2,1-3H3,(H,21,25). The molecule has 0 saturated carbocycles. The summed E-state index contributed by atoms with van der Waals surface area (Å²) in [6, 6.07) is 10.4. The number of aryl methyl sites for hydroxylation is 1. The lowest BCUT2D eigenvalue weighted by Gasteiger charge is -2.07. The molecule has 3 aromatic rings. The van der Waals surface area contributed by atoms with Crippen molar-refractivity contribution in [2.45, 2.75) is 13.8 Å². The molecule has 2 aromatic carbocycles. The van der Waals surface area contributed by atoms with Crippen LogP contribution in [0.2, 0.25) is 0 Å². The molecule has 0 radical (unpaired) electrons. The van der Waals surface area contributed by atoms with Crippen molar-refractivity contribution in [2.24, 2.45) is 7.05 Å². The largest absolute Gasteiger partial charge is 0.462 e. The van der Waals surface area contributed by atoms with Gasteiger partial charge in [0.25, 0.3) is 5.69 Å². The second-order valence-corrected chi connectivity index (χ2v) is 6.24. The molecule has 0 bridgehead atoms. The summed E-state index contributed by atoms with van der Waals surface area (Å²) < 4.78 is 12.3. The highest BCUT2D eigenvalue weighted by Gasteiger charge is 2.20. The van der Waals surface area contributed by atoms with Gasteiger partial charge in [0.05, 0.1) is 22.8 Å². The smallest absolute Gasteiger partial charge is 0.417 e. The van der Waals surface area contributed by atoms with Gasteiger partial charge in [-0.3, -0.25) is 15.4 Å². The number of non-ortho nitro benzene ring substituents is 1. The van der Waals surface area contributed by atoms with Crippen LogP contribution in [-0.2, 0) is 11.8 Å². The quantitative estimate of drug-likeness (QED) is 0.392. The van der Waals surface area contributed by atoms with Crippen LogP contribution in [0.3, 0.4) is 0 Å². The Morgan fingerprint density at radius 2 is 1.97 bits per heavy atom. The lowest BCUT2D eigenvalue weighted by Crippen LogP contribution is -2.16. The first-order valence-corrected chi connectivity index (χ1v) is 8.81. The van der Waals surface area contributed by atoms with E-state index in [1.807, 2.05) is 18.5 Å². The van der Waals surface area contributed by atoms with Crippen molar-refractivity contribution in [1.82, 2.24) is 4.57 Å². The fourth-order valence-corrected chi connectivity index (χ4v) is 3.02. The van der Waals surface area contributed by atoms with Crippen molar-refractivity contribution in [1.29, 1.82) is 0 Å². The number of benzene rings is 2. The van der Waals surface area contributed by atoms with E-state index in [1.165, 1.54) is 24.3 Å². The van der Waals surface area contributed by atoms with Crippen LogP contribution in [0.1, 0.15) is 23.0 Å². The SMILES string of the molecule is CCOC(=O)c1c(C)n(C)c2ccc(OC(=O)Nc3cccc([N+](=O)[O-])c3)cc12. The van der Waals surface area contributed by atoms with Crippen LogP contribution in [0.4, 0.5) is 16.2 Å². The molecule has 150 valence electrons. The third-order valence-electron chi connectivity index (χ3n) is 4.46. The number of ether oxygens (including phenoxy) is 2. The van der Waals surface area contributed by atoms with Crippen LogP contribution >= 0.6 is 0 Å². The predicted octanol–water partition coefficient (Wildman–Crippen LogP) is 4.18. The molecule has 9 nitrogen and oxygen atoms in total. The highest BCUT2D eigenvalue weighted by atomic mass is 16.6. The number of anilines is 1. The second kappa shape index (κ2) is 8.01. The van der Waals surface area contributed by atoms with Crippen LogP contribution in [0.25, 0.3) is 10.9 Å². The summed E-state index contributed by atoms with van der Waals surface area (Å²) in [4.78, 5) is 34.8. The van der Waals surface area contributed by atoms with Gasteiger partial charge in [0.1, 0.15) is 5.75 Å². The van der Waals surface area contributed by atoms with Gasteiger partial charge >= 0.3 is 12.1 Å². The number of hydrogen-bond acceptors (Lipinski definition) is 6. The molecule has 0 aliphatic heterocycles. The first-order valence-electron chi connectivity index (χ1n) is 8.81. The van der Waals surface area contributed by atoms with Gasteiger partial charge in [0.2, 0.25) is 0 Å². The number of nitro groups is 1. The van der Waals surface area contributed by atoms with Crippen LogP contribution in [0.5, 0.6) is 5.75 Å². The molecular weight excluding hydrogens is 378 g/mol. The minimum atomic E-state index is -0.810. The zero-order chi connectivity index (χ0) is 21.1. The van der Waals surface area contributed by atoms with Gasteiger partial charge in [0.15, 0.2) is 0 Å². The zero-order valence-corrected chi connectivity index (χ0v) is 16.1. The normalized spacial score (nSPS) is 10.6. The van der Waals surface area contributed by atoms with Gasteiger partial charge < -0.3 is 14.0 Å². The first-order chi connectivity index (χ1) is 13.8. The third kappa shape index (κ3) is 4.03. The molecule has 0 unspecified atom stereocenters. The Balaban J connectivity index is 1.86. The van der Waals surface area contributed by atoms with Crippen LogP contribution in [0, 0.1) is 17.0 Å². The molecule has 0 spiro atoms. The number of rotatable bonds is 5. The summed E-state index contributed by atoms with van der Waals surface area (Å²) in [5.41, 5.74) is 2.01. The monoisotopic (exact) mass is 397 g/mol. The number of amides is 1. The fourth-order valence-electron chi connectivity index (χ4n) is 3.02. The van der Waals surface area contributed by atoms with Crippen LogP contribution in [0.15, 0.2) is 42.5 Å². The molecule has 1 N–H and O–H groups in total. The van der Waals surface area contributed by atoms with Gasteiger partial charge in [-0.15, -0.1) is 0 Å². The van der Waals surface area contributed by atoms with Gasteiger partial charge in [0, 0.05) is 35.8 Å². The number of esters is 1. The van der Waals surface area contributed by atoms with E-state index in [0.29, 0.717) is 10.9 Å². The number of carbonyl (C=O) groups excluding carboxylic acids is 2. The van der Waals surface area contributed by atoms with Gasteiger partial charge in [-0.2, -0.15) is 0 Å². The molecule has 0 saturated heterocycles. The van der Waals surface area contributed by atoms with Crippen molar-refractivity contribution in [3.05, 3.63) is 63.8 Å². The number of nitro benzene ring substituents is 1. The molecule has 29 heavy (non-hydrogen) atoms. The van der Waals surface area contributed by atoms with E-state index >= 15 is 0 Å². The van der Waals surface area contributed by atoms with Crippen molar-refractivity contribution in [3.8, 4) is 5.75 Å². The summed E-state index contributed by atoms with van der Waals surface area (Å²) >= 11 is 0. The Bertz CT molecular complexity index is 1120. The van der Waals surface area contributed by atoms with E-state index in [9.17, 15) is 19.7 Å². The molecule has 1 amide bonds. The Kier molecular flexibility index (Phi) is 5.49. The third-order valence-corrected chi connectivity index (χ3v) is 4.46. The summed E-state index contributed by atoms with van der Waals surface area (Å²) in [6.07, 6.45) is -0.810. The lowest BCUT2D eigenvalue weighted by atomic mass is 10.1. The van der Waals surface area contributed by atoms with Crippen molar-refractivity contribution < 1.29 is 24.0 Å². The molecule has 9 heteroatoms. The Hall–Kier alpha value is -3.88. The average molecular weight is 397 g/mol. The summed E-state index contributed by atoms with van der Waals surface area (Å²) in [7, 11) is 1.83. The minimum Gasteiger partial charge on any atom is -0.462 e. The number of fused-ring (bicyclic) bond motifs is 1. The Morgan fingerprint density at radius 1 is 1.21 bits per heavy atom. The average Bonchev–Trinajstić information content (AvgIpc) is 2.92. The maximum absolute atomic E-state index is 12.3. The number of nitrogens with one attached hydrogen (secondary N) is 1. The highest BCUT2D eigenvalue weighted by molar-refractivity contribution is 6.06. The molecule has 0 aliphatic rings.